The third-order valence-electron chi connectivity index (χ3n) is 4.39. The second-order valence-electron chi connectivity index (χ2n) is 5.95. The van der Waals surface area contributed by atoms with E-state index in [0.717, 1.165) is 52.0 Å². The quantitative estimate of drug-likeness (QED) is 0.894. The van der Waals surface area contributed by atoms with Gasteiger partial charge in [-0.3, -0.25) is 9.48 Å². The van der Waals surface area contributed by atoms with E-state index in [2.05, 4.69) is 20.3 Å². The van der Waals surface area contributed by atoms with Crippen LogP contribution in [0.2, 0.25) is 0 Å². The molecule has 1 aromatic heterocycles. The molecule has 8 heteroatoms. The molecule has 2 aliphatic heterocycles. The number of aromatic nitrogens is 3. The number of rotatable bonds is 3. The Morgan fingerprint density at radius 1 is 1.27 bits per heavy atom. The van der Waals surface area contributed by atoms with Crippen LogP contribution in [0.15, 0.2) is 12.7 Å². The van der Waals surface area contributed by atoms with Crippen LogP contribution in [-0.2, 0) is 11.3 Å². The van der Waals surface area contributed by atoms with E-state index in [1.165, 1.54) is 6.42 Å². The molecule has 2 aliphatic rings. The first kappa shape index (κ1) is 19.2. The van der Waals surface area contributed by atoms with Crippen molar-refractivity contribution in [3.63, 3.8) is 0 Å². The van der Waals surface area contributed by atoms with E-state index in [-0.39, 0.29) is 30.7 Å². The van der Waals surface area contributed by atoms with E-state index in [1.807, 2.05) is 4.68 Å². The maximum Gasteiger partial charge on any atom is 0.226 e. The highest BCUT2D eigenvalue weighted by molar-refractivity contribution is 5.85. The maximum absolute atomic E-state index is 12.6. The van der Waals surface area contributed by atoms with Crippen molar-refractivity contribution in [1.82, 2.24) is 25.0 Å². The van der Waals surface area contributed by atoms with E-state index in [0.29, 0.717) is 11.8 Å². The molecule has 1 amide bonds. The Morgan fingerprint density at radius 3 is 2.82 bits per heavy atom. The van der Waals surface area contributed by atoms with Crippen molar-refractivity contribution in [1.29, 1.82) is 0 Å². The molecule has 1 N–H and O–H groups in total. The number of amides is 1. The lowest BCUT2D eigenvalue weighted by Crippen LogP contribution is -2.47. The number of carbonyl (C=O) groups is 1. The highest BCUT2D eigenvalue weighted by Gasteiger charge is 2.29. The van der Waals surface area contributed by atoms with Crippen LogP contribution >= 0.6 is 24.8 Å². The molecule has 126 valence electrons. The second-order valence-corrected chi connectivity index (χ2v) is 5.95. The van der Waals surface area contributed by atoms with Crippen molar-refractivity contribution in [2.75, 3.05) is 26.2 Å². The molecule has 0 aliphatic carbocycles. The lowest BCUT2D eigenvalue weighted by molar-refractivity contribution is -0.138. The molecular formula is C14H25Cl2N5O. The minimum atomic E-state index is 0. The standard InChI is InChI=1S/C14H23N5O.2ClH/c20-14(13-4-1-5-15-7-13)18-6-2-3-12(8-18)9-19-11-16-10-17-19;;/h10-13,15H,1-9H2;2*1H. The van der Waals surface area contributed by atoms with Gasteiger partial charge in [-0.05, 0) is 38.1 Å². The molecule has 0 aromatic carbocycles. The average Bonchev–Trinajstić information content (AvgIpc) is 3.01. The maximum atomic E-state index is 12.6. The molecule has 2 fully saturated rings. The van der Waals surface area contributed by atoms with E-state index < -0.39 is 0 Å². The molecule has 2 unspecified atom stereocenters. The summed E-state index contributed by atoms with van der Waals surface area (Å²) in [5, 5.41) is 7.49. The first-order chi connectivity index (χ1) is 9.83. The summed E-state index contributed by atoms with van der Waals surface area (Å²) in [7, 11) is 0. The van der Waals surface area contributed by atoms with Gasteiger partial charge in [-0.2, -0.15) is 5.10 Å². The molecule has 2 saturated heterocycles. The zero-order valence-corrected chi connectivity index (χ0v) is 14.3. The summed E-state index contributed by atoms with van der Waals surface area (Å²) < 4.78 is 1.88. The van der Waals surface area contributed by atoms with Crippen LogP contribution in [0.5, 0.6) is 0 Å². The van der Waals surface area contributed by atoms with Crippen molar-refractivity contribution >= 4 is 30.7 Å². The minimum absolute atomic E-state index is 0. The van der Waals surface area contributed by atoms with Gasteiger partial charge in [-0.15, -0.1) is 24.8 Å². The third kappa shape index (κ3) is 4.83. The van der Waals surface area contributed by atoms with Gasteiger partial charge in [0.15, 0.2) is 0 Å². The van der Waals surface area contributed by atoms with Crippen LogP contribution in [0.4, 0.5) is 0 Å². The largest absolute Gasteiger partial charge is 0.342 e. The van der Waals surface area contributed by atoms with Crippen LogP contribution < -0.4 is 5.32 Å². The molecule has 2 atom stereocenters. The van der Waals surface area contributed by atoms with Crippen LogP contribution in [0.1, 0.15) is 25.7 Å². The normalized spacial score (nSPS) is 25.0. The Morgan fingerprint density at radius 2 is 2.14 bits per heavy atom. The molecule has 3 heterocycles. The number of hydrogen-bond acceptors (Lipinski definition) is 4. The topological polar surface area (TPSA) is 63.1 Å². The van der Waals surface area contributed by atoms with E-state index in [9.17, 15) is 4.79 Å². The number of nitrogens with zero attached hydrogens (tertiary/aromatic N) is 4. The molecule has 3 rings (SSSR count). The highest BCUT2D eigenvalue weighted by Crippen LogP contribution is 2.21. The summed E-state index contributed by atoms with van der Waals surface area (Å²) >= 11 is 0. The van der Waals surface area contributed by atoms with Gasteiger partial charge in [0.1, 0.15) is 12.7 Å². The zero-order chi connectivity index (χ0) is 13.8. The summed E-state index contributed by atoms with van der Waals surface area (Å²) in [5.41, 5.74) is 0. The van der Waals surface area contributed by atoms with Crippen LogP contribution in [-0.4, -0.2) is 51.8 Å². The van der Waals surface area contributed by atoms with Crippen molar-refractivity contribution in [3.05, 3.63) is 12.7 Å². The van der Waals surface area contributed by atoms with Gasteiger partial charge in [0.05, 0.1) is 5.92 Å². The van der Waals surface area contributed by atoms with Crippen LogP contribution in [0.25, 0.3) is 0 Å². The average molecular weight is 350 g/mol. The fourth-order valence-electron chi connectivity index (χ4n) is 3.33. The van der Waals surface area contributed by atoms with Gasteiger partial charge in [0, 0.05) is 26.2 Å². The Kier molecular flexibility index (Phi) is 8.14. The molecule has 0 bridgehead atoms. The summed E-state index contributed by atoms with van der Waals surface area (Å²) in [5.74, 6) is 1.04. The zero-order valence-electron chi connectivity index (χ0n) is 12.7. The number of likely N-dealkylation sites (tertiary alicyclic amines) is 1. The van der Waals surface area contributed by atoms with Gasteiger partial charge in [0.2, 0.25) is 5.91 Å². The Balaban J connectivity index is 0.00000121. The third-order valence-corrected chi connectivity index (χ3v) is 4.39. The fourth-order valence-corrected chi connectivity index (χ4v) is 3.33. The smallest absolute Gasteiger partial charge is 0.226 e. The molecule has 6 nitrogen and oxygen atoms in total. The van der Waals surface area contributed by atoms with Crippen molar-refractivity contribution in [2.45, 2.75) is 32.2 Å². The number of nitrogens with one attached hydrogen (secondary N) is 1. The van der Waals surface area contributed by atoms with Crippen molar-refractivity contribution in [3.8, 4) is 0 Å². The fraction of sp³-hybridized carbons (Fsp3) is 0.786. The van der Waals surface area contributed by atoms with E-state index in [1.54, 1.807) is 12.7 Å². The lowest BCUT2D eigenvalue weighted by Gasteiger charge is -2.36. The molecule has 0 spiro atoms. The van der Waals surface area contributed by atoms with E-state index in [4.69, 9.17) is 0 Å². The second kappa shape index (κ2) is 9.33. The minimum Gasteiger partial charge on any atom is -0.342 e. The van der Waals surface area contributed by atoms with Gasteiger partial charge in [0.25, 0.3) is 0 Å². The predicted octanol–water partition coefficient (Wildman–Crippen LogP) is 1.36. The van der Waals surface area contributed by atoms with Crippen molar-refractivity contribution in [2.24, 2.45) is 11.8 Å². The number of halogens is 2. The molecule has 22 heavy (non-hydrogen) atoms. The number of carbonyl (C=O) groups excluding carboxylic acids is 1. The Bertz CT molecular complexity index is 436. The van der Waals surface area contributed by atoms with Gasteiger partial charge in [-0.25, -0.2) is 4.98 Å². The number of piperidine rings is 2. The van der Waals surface area contributed by atoms with Gasteiger partial charge >= 0.3 is 0 Å². The van der Waals surface area contributed by atoms with Gasteiger partial charge < -0.3 is 10.2 Å². The molecule has 1 aromatic rings. The predicted molar refractivity (Wildman–Crippen MR) is 89.4 cm³/mol. The summed E-state index contributed by atoms with van der Waals surface area (Å²) in [6, 6.07) is 0. The monoisotopic (exact) mass is 349 g/mol. The Hall–Kier alpha value is -0.850. The molecule has 0 radical (unpaired) electrons. The SMILES string of the molecule is Cl.Cl.O=C(C1CCCNC1)N1CCCC(Cn2cncn2)C1. The van der Waals surface area contributed by atoms with Crippen LogP contribution in [0.3, 0.4) is 0 Å². The summed E-state index contributed by atoms with van der Waals surface area (Å²) in [6.07, 6.45) is 7.76. The molecule has 0 saturated carbocycles. The summed E-state index contributed by atoms with van der Waals surface area (Å²) in [6.45, 7) is 4.56. The molecular weight excluding hydrogens is 325 g/mol. The highest BCUT2D eigenvalue weighted by atomic mass is 35.5. The van der Waals surface area contributed by atoms with Crippen molar-refractivity contribution < 1.29 is 4.79 Å². The lowest BCUT2D eigenvalue weighted by atomic mass is 9.94. The Labute approximate surface area is 143 Å². The number of hydrogen-bond donors (Lipinski definition) is 1. The van der Waals surface area contributed by atoms with E-state index >= 15 is 0 Å². The van der Waals surface area contributed by atoms with Crippen LogP contribution in [0, 0.1) is 11.8 Å². The first-order valence-electron chi connectivity index (χ1n) is 7.65. The summed E-state index contributed by atoms with van der Waals surface area (Å²) in [4.78, 5) is 18.6. The first-order valence-corrected chi connectivity index (χ1v) is 7.65. The van der Waals surface area contributed by atoms with Gasteiger partial charge in [-0.1, -0.05) is 0 Å².